The van der Waals surface area contributed by atoms with Crippen molar-refractivity contribution >= 4 is 17.5 Å². The molecule has 2 amide bonds. The maximum Gasteiger partial charge on any atom is 0.274 e. The molecule has 24 heavy (non-hydrogen) atoms. The van der Waals surface area contributed by atoms with Crippen LogP contribution in [0.5, 0.6) is 0 Å². The summed E-state index contributed by atoms with van der Waals surface area (Å²) >= 11 is 0. The molecule has 0 saturated carbocycles. The van der Waals surface area contributed by atoms with Crippen molar-refractivity contribution in [3.05, 3.63) is 58.9 Å². The van der Waals surface area contributed by atoms with Crippen LogP contribution in [-0.2, 0) is 0 Å². The highest BCUT2D eigenvalue weighted by molar-refractivity contribution is 6.04. The standard InChI is InChI=1S/C19H23N3O2/c1-12(2)11-20-18(23)16-9-6-10-17(21-16)19(24)22-15-8-5-7-13(3)14(15)4/h5-10,12H,11H2,1-4H3,(H,20,23)(H,22,24). The maximum atomic E-state index is 12.4. The SMILES string of the molecule is Cc1cccc(NC(=O)c2cccc(C(=O)NCC(C)C)n2)c1C. The Morgan fingerprint density at radius 3 is 2.29 bits per heavy atom. The summed E-state index contributed by atoms with van der Waals surface area (Å²) in [6.07, 6.45) is 0. The third-order valence-electron chi connectivity index (χ3n) is 3.74. The molecule has 1 aromatic carbocycles. The van der Waals surface area contributed by atoms with Gasteiger partial charge in [-0.1, -0.05) is 32.0 Å². The average molecular weight is 325 g/mol. The number of benzene rings is 1. The van der Waals surface area contributed by atoms with Crippen LogP contribution in [0.25, 0.3) is 0 Å². The van der Waals surface area contributed by atoms with E-state index in [0.717, 1.165) is 16.8 Å². The molecule has 126 valence electrons. The highest BCUT2D eigenvalue weighted by Gasteiger charge is 2.13. The van der Waals surface area contributed by atoms with Gasteiger partial charge in [0, 0.05) is 12.2 Å². The largest absolute Gasteiger partial charge is 0.350 e. The van der Waals surface area contributed by atoms with Crippen LogP contribution in [0, 0.1) is 19.8 Å². The summed E-state index contributed by atoms with van der Waals surface area (Å²) in [7, 11) is 0. The van der Waals surface area contributed by atoms with Gasteiger partial charge in [0.15, 0.2) is 0 Å². The van der Waals surface area contributed by atoms with E-state index in [9.17, 15) is 9.59 Å². The van der Waals surface area contributed by atoms with Crippen molar-refractivity contribution in [3.8, 4) is 0 Å². The molecular weight excluding hydrogens is 302 g/mol. The summed E-state index contributed by atoms with van der Waals surface area (Å²) in [6.45, 7) is 8.54. The molecule has 0 fully saturated rings. The Morgan fingerprint density at radius 2 is 1.62 bits per heavy atom. The quantitative estimate of drug-likeness (QED) is 0.885. The molecule has 0 radical (unpaired) electrons. The maximum absolute atomic E-state index is 12.4. The molecule has 0 aliphatic heterocycles. The fourth-order valence-electron chi connectivity index (χ4n) is 2.15. The number of hydrogen-bond donors (Lipinski definition) is 2. The van der Waals surface area contributed by atoms with Crippen LogP contribution in [0.2, 0.25) is 0 Å². The first-order chi connectivity index (χ1) is 11.4. The number of nitrogens with zero attached hydrogens (tertiary/aromatic N) is 1. The summed E-state index contributed by atoms with van der Waals surface area (Å²) in [5.41, 5.74) is 3.31. The van der Waals surface area contributed by atoms with E-state index in [1.807, 2.05) is 45.9 Å². The Kier molecular flexibility index (Phi) is 5.68. The molecule has 0 spiro atoms. The van der Waals surface area contributed by atoms with Crippen LogP contribution in [0.15, 0.2) is 36.4 Å². The van der Waals surface area contributed by atoms with Gasteiger partial charge in [0.1, 0.15) is 11.4 Å². The second kappa shape index (κ2) is 7.73. The lowest BCUT2D eigenvalue weighted by molar-refractivity contribution is 0.0944. The molecule has 5 nitrogen and oxygen atoms in total. The number of nitrogens with one attached hydrogen (secondary N) is 2. The van der Waals surface area contributed by atoms with Gasteiger partial charge >= 0.3 is 0 Å². The Balaban J connectivity index is 2.14. The summed E-state index contributed by atoms with van der Waals surface area (Å²) in [6, 6.07) is 10.6. The van der Waals surface area contributed by atoms with Crippen molar-refractivity contribution in [2.24, 2.45) is 5.92 Å². The first kappa shape index (κ1) is 17.7. The summed E-state index contributed by atoms with van der Waals surface area (Å²) in [5, 5.41) is 5.65. The lowest BCUT2D eigenvalue weighted by atomic mass is 10.1. The van der Waals surface area contributed by atoms with E-state index in [4.69, 9.17) is 0 Å². The van der Waals surface area contributed by atoms with E-state index >= 15 is 0 Å². The minimum Gasteiger partial charge on any atom is -0.350 e. The van der Waals surface area contributed by atoms with Gasteiger partial charge in [0.2, 0.25) is 0 Å². The number of hydrogen-bond acceptors (Lipinski definition) is 3. The first-order valence-electron chi connectivity index (χ1n) is 8.01. The third-order valence-corrected chi connectivity index (χ3v) is 3.74. The molecule has 0 saturated heterocycles. The van der Waals surface area contributed by atoms with E-state index in [2.05, 4.69) is 15.6 Å². The van der Waals surface area contributed by atoms with Crippen molar-refractivity contribution < 1.29 is 9.59 Å². The molecule has 0 bridgehead atoms. The molecule has 5 heteroatoms. The summed E-state index contributed by atoms with van der Waals surface area (Å²) < 4.78 is 0. The van der Waals surface area contributed by atoms with E-state index in [1.54, 1.807) is 18.2 Å². The molecule has 1 heterocycles. The van der Waals surface area contributed by atoms with Gasteiger partial charge < -0.3 is 10.6 Å². The Bertz CT molecular complexity index is 754. The van der Waals surface area contributed by atoms with E-state index in [0.29, 0.717) is 12.5 Å². The van der Waals surface area contributed by atoms with E-state index in [-0.39, 0.29) is 23.2 Å². The number of pyridine rings is 1. The van der Waals surface area contributed by atoms with Crippen LogP contribution in [0.3, 0.4) is 0 Å². The number of aryl methyl sites for hydroxylation is 1. The van der Waals surface area contributed by atoms with Gasteiger partial charge in [-0.15, -0.1) is 0 Å². The Labute approximate surface area is 142 Å². The van der Waals surface area contributed by atoms with Gasteiger partial charge in [-0.25, -0.2) is 4.98 Å². The lowest BCUT2D eigenvalue weighted by Gasteiger charge is -2.11. The second-order valence-electron chi connectivity index (χ2n) is 6.21. The molecule has 0 unspecified atom stereocenters. The first-order valence-corrected chi connectivity index (χ1v) is 8.01. The number of amides is 2. The van der Waals surface area contributed by atoms with Crippen molar-refractivity contribution in [2.75, 3.05) is 11.9 Å². The van der Waals surface area contributed by atoms with Crippen LogP contribution >= 0.6 is 0 Å². The summed E-state index contributed by atoms with van der Waals surface area (Å²) in [4.78, 5) is 28.7. The number of carbonyl (C=O) groups excluding carboxylic acids is 2. The van der Waals surface area contributed by atoms with E-state index in [1.165, 1.54) is 0 Å². The Morgan fingerprint density at radius 1 is 1.00 bits per heavy atom. The van der Waals surface area contributed by atoms with Crippen molar-refractivity contribution in [2.45, 2.75) is 27.7 Å². The molecule has 2 rings (SSSR count). The zero-order valence-corrected chi connectivity index (χ0v) is 14.5. The van der Waals surface area contributed by atoms with Crippen molar-refractivity contribution in [1.82, 2.24) is 10.3 Å². The van der Waals surface area contributed by atoms with E-state index < -0.39 is 0 Å². The number of carbonyl (C=O) groups is 2. The monoisotopic (exact) mass is 325 g/mol. The predicted octanol–water partition coefficient (Wildman–Crippen LogP) is 3.34. The zero-order valence-electron chi connectivity index (χ0n) is 14.5. The highest BCUT2D eigenvalue weighted by Crippen LogP contribution is 2.18. The topological polar surface area (TPSA) is 71.1 Å². The van der Waals surface area contributed by atoms with Gasteiger partial charge in [-0.3, -0.25) is 9.59 Å². The molecule has 0 aliphatic carbocycles. The smallest absolute Gasteiger partial charge is 0.274 e. The van der Waals surface area contributed by atoms with Gasteiger partial charge in [0.05, 0.1) is 0 Å². The van der Waals surface area contributed by atoms with Crippen LogP contribution in [0.1, 0.15) is 46.0 Å². The van der Waals surface area contributed by atoms with Crippen LogP contribution < -0.4 is 10.6 Å². The number of rotatable bonds is 5. The van der Waals surface area contributed by atoms with Gasteiger partial charge in [-0.2, -0.15) is 0 Å². The van der Waals surface area contributed by atoms with Gasteiger partial charge in [-0.05, 0) is 49.1 Å². The highest BCUT2D eigenvalue weighted by atomic mass is 16.2. The zero-order chi connectivity index (χ0) is 17.7. The van der Waals surface area contributed by atoms with Crippen molar-refractivity contribution in [1.29, 1.82) is 0 Å². The average Bonchev–Trinajstić information content (AvgIpc) is 2.56. The van der Waals surface area contributed by atoms with Crippen LogP contribution in [0.4, 0.5) is 5.69 Å². The number of aromatic nitrogens is 1. The molecule has 1 aromatic heterocycles. The molecule has 0 atom stereocenters. The lowest BCUT2D eigenvalue weighted by Crippen LogP contribution is -2.28. The molecule has 2 aromatic rings. The normalized spacial score (nSPS) is 10.5. The van der Waals surface area contributed by atoms with Crippen molar-refractivity contribution in [3.63, 3.8) is 0 Å². The fourth-order valence-corrected chi connectivity index (χ4v) is 2.15. The predicted molar refractivity (Wildman–Crippen MR) is 95.3 cm³/mol. The molecule has 2 N–H and O–H groups in total. The minimum absolute atomic E-state index is 0.216. The number of anilines is 1. The van der Waals surface area contributed by atoms with Gasteiger partial charge in [0.25, 0.3) is 11.8 Å². The summed E-state index contributed by atoms with van der Waals surface area (Å²) in [5.74, 6) is -0.253. The molecule has 0 aliphatic rings. The minimum atomic E-state index is -0.331. The fraction of sp³-hybridized carbons (Fsp3) is 0.316. The van der Waals surface area contributed by atoms with Crippen LogP contribution in [-0.4, -0.2) is 23.3 Å². The second-order valence-corrected chi connectivity index (χ2v) is 6.21. The molecular formula is C19H23N3O2. The third kappa shape index (κ3) is 4.41. The Hall–Kier alpha value is -2.69.